The van der Waals surface area contributed by atoms with E-state index in [-0.39, 0.29) is 11.8 Å². The van der Waals surface area contributed by atoms with Gasteiger partial charge in [0.25, 0.3) is 0 Å². The van der Waals surface area contributed by atoms with Crippen molar-refractivity contribution in [2.75, 3.05) is 26.2 Å². The van der Waals surface area contributed by atoms with Crippen LogP contribution in [0.3, 0.4) is 0 Å². The van der Waals surface area contributed by atoms with E-state index in [1.165, 1.54) is 32.5 Å². The Bertz CT molecular complexity index is 351. The predicted molar refractivity (Wildman–Crippen MR) is 75.6 cm³/mol. The first-order valence-electron chi connectivity index (χ1n) is 7.89. The van der Waals surface area contributed by atoms with Crippen LogP contribution < -0.4 is 5.73 Å². The van der Waals surface area contributed by atoms with E-state index in [1.807, 2.05) is 6.92 Å². The van der Waals surface area contributed by atoms with Crippen molar-refractivity contribution in [2.24, 2.45) is 23.5 Å². The summed E-state index contributed by atoms with van der Waals surface area (Å²) in [7, 11) is 0. The quantitative estimate of drug-likeness (QED) is 0.822. The third-order valence-corrected chi connectivity index (χ3v) is 5.84. The molecule has 108 valence electrons. The Balaban J connectivity index is 1.78. The zero-order chi connectivity index (χ0) is 13.6. The van der Waals surface area contributed by atoms with E-state index >= 15 is 0 Å². The molecule has 4 nitrogen and oxygen atoms in total. The monoisotopic (exact) mass is 265 g/mol. The fourth-order valence-electron chi connectivity index (χ4n) is 4.73. The van der Waals surface area contributed by atoms with Gasteiger partial charge in [0.2, 0.25) is 5.91 Å². The predicted octanol–water partition coefficient (Wildman–Crippen LogP) is 0.912. The molecule has 19 heavy (non-hydrogen) atoms. The van der Waals surface area contributed by atoms with Crippen molar-refractivity contribution in [3.8, 4) is 0 Å². The smallest absolute Gasteiger partial charge is 0.220 e. The number of nitrogens with zero attached hydrogens (tertiary/aromatic N) is 2. The van der Waals surface area contributed by atoms with Crippen molar-refractivity contribution in [3.05, 3.63) is 0 Å². The molecule has 1 amide bonds. The second-order valence-electron chi connectivity index (χ2n) is 6.72. The van der Waals surface area contributed by atoms with Gasteiger partial charge < -0.3 is 5.73 Å². The lowest BCUT2D eigenvalue weighted by molar-refractivity contribution is -0.122. The van der Waals surface area contributed by atoms with E-state index in [1.54, 1.807) is 0 Å². The van der Waals surface area contributed by atoms with Crippen molar-refractivity contribution in [3.63, 3.8) is 0 Å². The van der Waals surface area contributed by atoms with Gasteiger partial charge in [0.15, 0.2) is 0 Å². The van der Waals surface area contributed by atoms with E-state index in [9.17, 15) is 4.79 Å². The normalized spacial score (nSPS) is 43.2. The summed E-state index contributed by atoms with van der Waals surface area (Å²) in [5, 5.41) is 0. The first kappa shape index (κ1) is 13.4. The molecule has 0 aliphatic carbocycles. The summed E-state index contributed by atoms with van der Waals surface area (Å²) in [6.07, 6.45) is 3.71. The number of hydrogen-bond donors (Lipinski definition) is 1. The number of nitrogens with two attached hydrogens (primary N) is 1. The second kappa shape index (κ2) is 5.06. The summed E-state index contributed by atoms with van der Waals surface area (Å²) in [6.45, 7) is 9.11. The van der Waals surface area contributed by atoms with Crippen LogP contribution in [0.4, 0.5) is 0 Å². The highest BCUT2D eigenvalue weighted by Crippen LogP contribution is 2.45. The Morgan fingerprint density at radius 1 is 1.37 bits per heavy atom. The number of carbonyl (C=O) groups excluding carboxylic acids is 1. The van der Waals surface area contributed by atoms with Gasteiger partial charge in [-0.1, -0.05) is 13.8 Å². The van der Waals surface area contributed by atoms with Crippen LogP contribution in [0.25, 0.3) is 0 Å². The number of piperidine rings is 3. The van der Waals surface area contributed by atoms with Gasteiger partial charge in [-0.3, -0.25) is 14.6 Å². The number of primary amides is 1. The number of rotatable bonds is 4. The zero-order valence-corrected chi connectivity index (χ0v) is 12.2. The van der Waals surface area contributed by atoms with Gasteiger partial charge in [-0.25, -0.2) is 0 Å². The molecule has 4 aliphatic rings. The van der Waals surface area contributed by atoms with Crippen molar-refractivity contribution < 1.29 is 4.79 Å². The fourth-order valence-corrected chi connectivity index (χ4v) is 4.73. The molecule has 4 fully saturated rings. The van der Waals surface area contributed by atoms with Crippen LogP contribution in [-0.4, -0.2) is 54.0 Å². The highest BCUT2D eigenvalue weighted by molar-refractivity contribution is 5.76. The van der Waals surface area contributed by atoms with Crippen LogP contribution in [0, 0.1) is 17.8 Å². The number of amides is 1. The summed E-state index contributed by atoms with van der Waals surface area (Å²) in [6, 6.07) is 1.23. The molecule has 4 unspecified atom stereocenters. The van der Waals surface area contributed by atoms with Crippen LogP contribution in [-0.2, 0) is 4.79 Å². The average molecular weight is 265 g/mol. The maximum Gasteiger partial charge on any atom is 0.220 e. The molecule has 0 spiro atoms. The maximum atomic E-state index is 11.4. The van der Waals surface area contributed by atoms with Crippen molar-refractivity contribution in [1.29, 1.82) is 0 Å². The lowest BCUT2D eigenvalue weighted by atomic mass is 9.73. The number of carbonyl (C=O) groups is 1. The number of fused-ring (bicyclic) bond motifs is 2. The molecule has 4 rings (SSSR count). The molecule has 2 bridgehead atoms. The van der Waals surface area contributed by atoms with E-state index in [2.05, 4.69) is 16.7 Å². The number of hydrogen-bond acceptors (Lipinski definition) is 3. The minimum Gasteiger partial charge on any atom is -0.369 e. The molecule has 0 aromatic rings. The van der Waals surface area contributed by atoms with E-state index in [4.69, 9.17) is 5.73 Å². The van der Waals surface area contributed by atoms with Crippen LogP contribution >= 0.6 is 0 Å². The minimum absolute atomic E-state index is 0.000506. The van der Waals surface area contributed by atoms with Gasteiger partial charge in [0, 0.05) is 24.5 Å². The maximum absolute atomic E-state index is 11.4. The van der Waals surface area contributed by atoms with Crippen LogP contribution in [0.15, 0.2) is 0 Å². The number of likely N-dealkylation sites (N-methyl/N-ethyl adjacent to an activating group) is 1. The van der Waals surface area contributed by atoms with Gasteiger partial charge in [0.1, 0.15) is 0 Å². The third kappa shape index (κ3) is 2.19. The molecule has 2 N–H and O–H groups in total. The Morgan fingerprint density at radius 3 is 2.63 bits per heavy atom. The van der Waals surface area contributed by atoms with Gasteiger partial charge in [0.05, 0.1) is 0 Å². The third-order valence-electron chi connectivity index (χ3n) is 5.84. The van der Waals surface area contributed by atoms with Gasteiger partial charge >= 0.3 is 0 Å². The molecular weight excluding hydrogens is 238 g/mol. The fraction of sp³-hybridized carbons (Fsp3) is 0.933. The first-order valence-corrected chi connectivity index (χ1v) is 7.89. The Kier molecular flexibility index (Phi) is 3.56. The molecule has 0 aromatic carbocycles. The van der Waals surface area contributed by atoms with Gasteiger partial charge in [-0.2, -0.15) is 0 Å². The highest BCUT2D eigenvalue weighted by atomic mass is 16.1. The van der Waals surface area contributed by atoms with Crippen LogP contribution in [0.1, 0.15) is 33.1 Å². The molecule has 4 heteroatoms. The van der Waals surface area contributed by atoms with Crippen LogP contribution in [0.2, 0.25) is 0 Å². The van der Waals surface area contributed by atoms with Crippen molar-refractivity contribution >= 4 is 5.91 Å². The van der Waals surface area contributed by atoms with Crippen molar-refractivity contribution in [2.45, 2.75) is 45.2 Å². The Hall–Kier alpha value is -0.610. The van der Waals surface area contributed by atoms with Crippen LogP contribution in [0.5, 0.6) is 0 Å². The summed E-state index contributed by atoms with van der Waals surface area (Å²) in [5.74, 6) is 1.63. The largest absolute Gasteiger partial charge is 0.369 e. The summed E-state index contributed by atoms with van der Waals surface area (Å²) in [5.41, 5.74) is 5.47. The molecule has 0 radical (unpaired) electrons. The summed E-state index contributed by atoms with van der Waals surface area (Å²) in [4.78, 5) is 16.7. The first-order chi connectivity index (χ1) is 9.11. The molecule has 0 aromatic heterocycles. The Labute approximate surface area is 116 Å². The lowest BCUT2D eigenvalue weighted by Gasteiger charge is -2.49. The van der Waals surface area contributed by atoms with Crippen molar-refractivity contribution in [1.82, 2.24) is 9.80 Å². The number of likely N-dealkylation sites (tertiary alicyclic amines) is 1. The zero-order valence-electron chi connectivity index (χ0n) is 12.2. The molecular formula is C15H27N3O. The summed E-state index contributed by atoms with van der Waals surface area (Å²) < 4.78 is 0. The van der Waals surface area contributed by atoms with Gasteiger partial charge in [-0.15, -0.1) is 0 Å². The molecule has 4 heterocycles. The highest BCUT2D eigenvalue weighted by Gasteiger charge is 2.52. The molecule has 4 atom stereocenters. The molecule has 0 saturated carbocycles. The standard InChI is InChI=1S/C15H27N3O/c1-3-17-9-12-11-4-6-18(7-5-11)14(12)13(17)8-10(2)15(16)19/h10-14H,3-9H2,1-2H3,(H2,16,19). The van der Waals surface area contributed by atoms with E-state index in [0.29, 0.717) is 12.1 Å². The average Bonchev–Trinajstić information content (AvgIpc) is 2.80. The second-order valence-corrected chi connectivity index (χ2v) is 6.72. The topological polar surface area (TPSA) is 49.6 Å². The van der Waals surface area contributed by atoms with E-state index < -0.39 is 0 Å². The lowest BCUT2D eigenvalue weighted by Crippen LogP contribution is -2.57. The molecule has 4 aliphatic heterocycles. The van der Waals surface area contributed by atoms with Gasteiger partial charge in [-0.05, 0) is 50.7 Å². The Morgan fingerprint density at radius 2 is 2.05 bits per heavy atom. The SMILES string of the molecule is CCN1CC2C3CCN(CC3)C2C1CC(C)C(N)=O. The minimum atomic E-state index is -0.143. The van der Waals surface area contributed by atoms with E-state index in [0.717, 1.165) is 24.8 Å². The summed E-state index contributed by atoms with van der Waals surface area (Å²) >= 11 is 0. The molecule has 4 saturated heterocycles.